The van der Waals surface area contributed by atoms with Crippen LogP contribution in [0.5, 0.6) is 0 Å². The highest BCUT2D eigenvalue weighted by Gasteiger charge is 2.75. The minimum absolute atomic E-state index is 0.281. The van der Waals surface area contributed by atoms with E-state index in [-0.39, 0.29) is 5.41 Å². The molecule has 2 aromatic carbocycles. The Bertz CT molecular complexity index is 1140. The van der Waals surface area contributed by atoms with Crippen molar-refractivity contribution in [2.75, 3.05) is 7.05 Å². The summed E-state index contributed by atoms with van der Waals surface area (Å²) in [6, 6.07) is 17.8. The van der Waals surface area contributed by atoms with Gasteiger partial charge in [0.2, 0.25) is 0 Å². The summed E-state index contributed by atoms with van der Waals surface area (Å²) in [6.07, 6.45) is 2.94. The zero-order chi connectivity index (χ0) is 20.0. The number of piperidine rings is 1. The number of amides is 1. The summed E-state index contributed by atoms with van der Waals surface area (Å²) in [5.41, 5.74) is 8.70. The molecule has 1 saturated carbocycles. The molecule has 2 aliphatic carbocycles. The van der Waals surface area contributed by atoms with Gasteiger partial charge in [0.15, 0.2) is 0 Å². The molecule has 4 nitrogen and oxygen atoms in total. The van der Waals surface area contributed by atoms with Crippen LogP contribution < -0.4 is 4.48 Å². The SMILES string of the molecule is Cc1n[nH]c(C)c1-c1ccc([N+]2(C)C(=O)CC3c4ccccc4CC34CC42)cc1. The summed E-state index contributed by atoms with van der Waals surface area (Å²) in [4.78, 5) is 13.5. The van der Waals surface area contributed by atoms with Gasteiger partial charge in [0, 0.05) is 41.1 Å². The number of likely N-dealkylation sites (tertiary alicyclic amines) is 1. The van der Waals surface area contributed by atoms with Crippen LogP contribution in [0.3, 0.4) is 0 Å². The number of rotatable bonds is 2. The van der Waals surface area contributed by atoms with Crippen LogP contribution in [-0.2, 0) is 11.2 Å². The molecule has 4 heteroatoms. The highest BCUT2D eigenvalue weighted by Crippen LogP contribution is 2.70. The van der Waals surface area contributed by atoms with Gasteiger partial charge in [0.25, 0.3) is 0 Å². The molecule has 29 heavy (non-hydrogen) atoms. The Morgan fingerprint density at radius 2 is 1.86 bits per heavy atom. The van der Waals surface area contributed by atoms with Crippen LogP contribution in [0.25, 0.3) is 11.1 Å². The molecule has 1 aromatic heterocycles. The second-order valence-corrected chi connectivity index (χ2v) is 9.41. The molecule has 1 saturated heterocycles. The van der Waals surface area contributed by atoms with E-state index in [1.54, 1.807) is 0 Å². The number of benzene rings is 2. The van der Waals surface area contributed by atoms with E-state index < -0.39 is 0 Å². The van der Waals surface area contributed by atoms with Crippen LogP contribution in [0.15, 0.2) is 48.5 Å². The number of hydrogen-bond donors (Lipinski definition) is 1. The van der Waals surface area contributed by atoms with Gasteiger partial charge >= 0.3 is 5.91 Å². The van der Waals surface area contributed by atoms with Gasteiger partial charge in [-0.2, -0.15) is 5.10 Å². The summed E-state index contributed by atoms with van der Waals surface area (Å²) >= 11 is 0. The predicted octanol–water partition coefficient (Wildman–Crippen LogP) is 4.66. The first kappa shape index (κ1) is 17.2. The van der Waals surface area contributed by atoms with Crippen molar-refractivity contribution in [2.45, 2.75) is 45.1 Å². The van der Waals surface area contributed by atoms with Gasteiger partial charge in [0.1, 0.15) is 11.7 Å². The van der Waals surface area contributed by atoms with Gasteiger partial charge in [-0.05, 0) is 49.1 Å². The Hall–Kier alpha value is -2.72. The number of nitrogens with zero attached hydrogens (tertiary/aromatic N) is 2. The lowest BCUT2D eigenvalue weighted by Crippen LogP contribution is -2.58. The molecule has 3 aliphatic rings. The largest absolute Gasteiger partial charge is 0.319 e. The third-order valence-electron chi connectivity index (χ3n) is 8.06. The number of aromatic nitrogens is 2. The number of hydrogen-bond acceptors (Lipinski definition) is 2. The molecule has 4 atom stereocenters. The molecule has 1 N–H and O–H groups in total. The molecule has 4 unspecified atom stereocenters. The molecule has 6 rings (SSSR count). The second kappa shape index (κ2) is 5.45. The monoisotopic (exact) mass is 384 g/mol. The number of nitrogens with one attached hydrogen (secondary N) is 1. The molecule has 146 valence electrons. The fraction of sp³-hybridized carbons (Fsp3) is 0.360. The third kappa shape index (κ3) is 2.07. The van der Waals surface area contributed by atoms with Gasteiger partial charge in [-0.1, -0.05) is 24.3 Å². The maximum Gasteiger partial charge on any atom is 0.319 e. The Balaban J connectivity index is 1.38. The van der Waals surface area contributed by atoms with Crippen molar-refractivity contribution < 1.29 is 4.79 Å². The third-order valence-corrected chi connectivity index (χ3v) is 8.06. The van der Waals surface area contributed by atoms with Crippen LogP contribution >= 0.6 is 0 Å². The number of fused-ring (bicyclic) bond motifs is 2. The minimum atomic E-state index is 0.281. The zero-order valence-electron chi connectivity index (χ0n) is 17.2. The van der Waals surface area contributed by atoms with Gasteiger partial charge in [-0.3, -0.25) is 5.10 Å². The van der Waals surface area contributed by atoms with E-state index in [4.69, 9.17) is 0 Å². The lowest BCUT2D eigenvalue weighted by Gasteiger charge is -2.39. The lowest BCUT2D eigenvalue weighted by molar-refractivity contribution is -0.133. The number of carbonyl (C=O) groups excluding carboxylic acids is 1. The van der Waals surface area contributed by atoms with E-state index >= 15 is 0 Å². The summed E-state index contributed by atoms with van der Waals surface area (Å²) < 4.78 is 0.452. The van der Waals surface area contributed by atoms with Gasteiger partial charge in [-0.25, -0.2) is 9.28 Å². The molecule has 0 bridgehead atoms. The fourth-order valence-electron chi connectivity index (χ4n) is 6.47. The first-order valence-corrected chi connectivity index (χ1v) is 10.5. The first-order valence-electron chi connectivity index (χ1n) is 10.5. The first-order chi connectivity index (χ1) is 13.9. The van der Waals surface area contributed by atoms with E-state index in [2.05, 4.69) is 72.7 Å². The molecule has 1 aliphatic heterocycles. The van der Waals surface area contributed by atoms with Crippen LogP contribution in [0, 0.1) is 19.3 Å². The van der Waals surface area contributed by atoms with Crippen molar-refractivity contribution in [3.8, 4) is 11.1 Å². The molecular weight excluding hydrogens is 358 g/mol. The van der Waals surface area contributed by atoms with Crippen molar-refractivity contribution in [3.05, 3.63) is 71.0 Å². The van der Waals surface area contributed by atoms with E-state index in [1.165, 1.54) is 16.7 Å². The Labute approximate surface area is 171 Å². The van der Waals surface area contributed by atoms with E-state index in [0.29, 0.717) is 28.8 Å². The summed E-state index contributed by atoms with van der Waals surface area (Å²) in [5.74, 6) is 0.770. The van der Waals surface area contributed by atoms with Crippen molar-refractivity contribution in [3.63, 3.8) is 0 Å². The van der Waals surface area contributed by atoms with E-state index in [0.717, 1.165) is 35.5 Å². The molecule has 0 radical (unpaired) electrons. The molecular formula is C25H26N3O+. The second-order valence-electron chi connectivity index (χ2n) is 9.41. The standard InChI is InChI=1S/C25H26N3O/c1-15-24(16(2)27-26-15)17-8-10-19(11-9-17)28(3)22-14-25(22)13-18-6-4-5-7-20(18)21(25)12-23(28)29/h4-11,21-22H,12-14H2,1-3H3,(H,26,27)/q+1. The maximum atomic E-state index is 13.5. The van der Waals surface area contributed by atoms with Gasteiger partial charge < -0.3 is 0 Å². The number of H-pyrrole nitrogens is 1. The van der Waals surface area contributed by atoms with Crippen molar-refractivity contribution in [1.29, 1.82) is 0 Å². The predicted molar refractivity (Wildman–Crippen MR) is 115 cm³/mol. The van der Waals surface area contributed by atoms with Crippen molar-refractivity contribution >= 4 is 11.6 Å². The normalized spacial score (nSPS) is 31.9. The number of aryl methyl sites for hydroxylation is 2. The Morgan fingerprint density at radius 1 is 1.10 bits per heavy atom. The molecule has 2 heterocycles. The summed E-state index contributed by atoms with van der Waals surface area (Å²) in [5, 5.41) is 7.39. The zero-order valence-corrected chi connectivity index (χ0v) is 17.2. The van der Waals surface area contributed by atoms with Crippen molar-refractivity contribution in [1.82, 2.24) is 14.7 Å². The highest BCUT2D eigenvalue weighted by atomic mass is 16.2. The smallest absolute Gasteiger partial charge is 0.282 e. The summed E-state index contributed by atoms with van der Waals surface area (Å²) in [7, 11) is 2.14. The maximum absolute atomic E-state index is 13.5. The Morgan fingerprint density at radius 3 is 2.59 bits per heavy atom. The highest BCUT2D eigenvalue weighted by molar-refractivity contribution is 5.92. The topological polar surface area (TPSA) is 45.8 Å². The van der Waals surface area contributed by atoms with Gasteiger partial charge in [0.05, 0.1) is 19.2 Å². The van der Waals surface area contributed by atoms with Crippen LogP contribution in [0.2, 0.25) is 0 Å². The minimum Gasteiger partial charge on any atom is -0.282 e. The van der Waals surface area contributed by atoms with Crippen LogP contribution in [0.4, 0.5) is 5.69 Å². The number of aromatic amines is 1. The average Bonchev–Trinajstić information content (AvgIpc) is 3.25. The number of carbonyl (C=O) groups is 1. The Kier molecular flexibility index (Phi) is 3.23. The van der Waals surface area contributed by atoms with E-state index in [9.17, 15) is 4.79 Å². The molecule has 3 aromatic rings. The van der Waals surface area contributed by atoms with E-state index in [1.807, 2.05) is 6.92 Å². The van der Waals surface area contributed by atoms with Crippen LogP contribution in [0.1, 0.15) is 41.3 Å². The van der Waals surface area contributed by atoms with Crippen molar-refractivity contribution in [2.24, 2.45) is 5.41 Å². The van der Waals surface area contributed by atoms with Gasteiger partial charge in [-0.15, -0.1) is 0 Å². The molecule has 1 spiro atoms. The molecule has 2 fully saturated rings. The lowest BCUT2D eigenvalue weighted by atomic mass is 9.82. The summed E-state index contributed by atoms with van der Waals surface area (Å²) in [6.45, 7) is 4.08. The fourth-order valence-corrected chi connectivity index (χ4v) is 6.47. The number of quaternary nitrogens is 1. The quantitative estimate of drug-likeness (QED) is 0.653. The van der Waals surface area contributed by atoms with Crippen LogP contribution in [-0.4, -0.2) is 29.2 Å². The molecule has 1 amide bonds. The average molecular weight is 385 g/mol.